The van der Waals surface area contributed by atoms with E-state index in [9.17, 15) is 14.4 Å². The van der Waals surface area contributed by atoms with E-state index in [1.807, 2.05) is 0 Å². The Morgan fingerprint density at radius 1 is 1.23 bits per heavy atom. The molecule has 26 heavy (non-hydrogen) atoms. The predicted octanol–water partition coefficient (Wildman–Crippen LogP) is 3.20. The maximum atomic E-state index is 12.7. The van der Waals surface area contributed by atoms with Crippen LogP contribution in [0.4, 0.5) is 5.00 Å². The first kappa shape index (κ1) is 18.9. The van der Waals surface area contributed by atoms with Gasteiger partial charge in [-0.1, -0.05) is 13.8 Å². The molecule has 7 heteroatoms. The Labute approximate surface area is 157 Å². The molecule has 2 atom stereocenters. The summed E-state index contributed by atoms with van der Waals surface area (Å²) in [7, 11) is 0. The van der Waals surface area contributed by atoms with E-state index in [1.54, 1.807) is 6.92 Å². The standard InChI is InChI=1S/C19H26N2O4S/c1-10-3-6-13-14(7-10)26-19(17(13)18(25)20-12-4-5-12)21-15(22)8-11(2)9-16(23)24/h10-12H,3-9H2,1-2H3,(H,20,25)(H,21,22)(H,23,24)/t10-,11+/m1/s1. The Kier molecular flexibility index (Phi) is 5.65. The third kappa shape index (κ3) is 4.63. The zero-order valence-electron chi connectivity index (χ0n) is 15.3. The maximum Gasteiger partial charge on any atom is 0.303 e. The average Bonchev–Trinajstić information content (AvgIpc) is 3.25. The molecule has 0 aromatic carbocycles. The number of hydrogen-bond donors (Lipinski definition) is 3. The number of anilines is 1. The van der Waals surface area contributed by atoms with Gasteiger partial charge in [0, 0.05) is 23.8 Å². The Morgan fingerprint density at radius 3 is 2.62 bits per heavy atom. The molecule has 0 aliphatic heterocycles. The van der Waals surface area contributed by atoms with Gasteiger partial charge in [-0.2, -0.15) is 0 Å². The lowest BCUT2D eigenvalue weighted by molar-refractivity contribution is -0.138. The first-order chi connectivity index (χ1) is 12.3. The van der Waals surface area contributed by atoms with E-state index >= 15 is 0 Å². The summed E-state index contributed by atoms with van der Waals surface area (Å²) in [5.41, 5.74) is 1.71. The van der Waals surface area contributed by atoms with Gasteiger partial charge < -0.3 is 15.7 Å². The summed E-state index contributed by atoms with van der Waals surface area (Å²) in [4.78, 5) is 37.1. The molecule has 2 amide bonds. The van der Waals surface area contributed by atoms with E-state index in [0.29, 0.717) is 16.5 Å². The van der Waals surface area contributed by atoms with Crippen LogP contribution in [0.15, 0.2) is 0 Å². The molecule has 1 heterocycles. The van der Waals surface area contributed by atoms with Crippen molar-refractivity contribution >= 4 is 34.1 Å². The zero-order valence-corrected chi connectivity index (χ0v) is 16.1. The number of carboxylic acid groups (broad SMARTS) is 1. The van der Waals surface area contributed by atoms with Gasteiger partial charge in [0.05, 0.1) is 5.56 Å². The number of rotatable bonds is 7. The van der Waals surface area contributed by atoms with Crippen LogP contribution in [0.1, 0.15) is 66.8 Å². The fraction of sp³-hybridized carbons (Fsp3) is 0.632. The number of carbonyl (C=O) groups excluding carboxylic acids is 2. The van der Waals surface area contributed by atoms with Gasteiger partial charge in [-0.25, -0.2) is 0 Å². The number of fused-ring (bicyclic) bond motifs is 1. The lowest BCUT2D eigenvalue weighted by atomic mass is 9.88. The van der Waals surface area contributed by atoms with E-state index in [2.05, 4.69) is 17.6 Å². The third-order valence-electron chi connectivity index (χ3n) is 4.96. The summed E-state index contributed by atoms with van der Waals surface area (Å²) in [6.45, 7) is 3.95. The largest absolute Gasteiger partial charge is 0.481 e. The van der Waals surface area contributed by atoms with E-state index in [-0.39, 0.29) is 36.6 Å². The van der Waals surface area contributed by atoms with Gasteiger partial charge >= 0.3 is 5.97 Å². The molecule has 142 valence electrons. The smallest absolute Gasteiger partial charge is 0.303 e. The number of hydrogen-bond acceptors (Lipinski definition) is 4. The number of thiophene rings is 1. The minimum atomic E-state index is -0.907. The lowest BCUT2D eigenvalue weighted by Crippen LogP contribution is -2.28. The monoisotopic (exact) mass is 378 g/mol. The zero-order chi connectivity index (χ0) is 18.8. The minimum Gasteiger partial charge on any atom is -0.481 e. The molecule has 2 aliphatic rings. The third-order valence-corrected chi connectivity index (χ3v) is 6.13. The van der Waals surface area contributed by atoms with Crippen molar-refractivity contribution in [2.75, 3.05) is 5.32 Å². The summed E-state index contributed by atoms with van der Waals surface area (Å²) in [5, 5.41) is 15.4. The summed E-state index contributed by atoms with van der Waals surface area (Å²) in [5.74, 6) is -0.889. The van der Waals surface area contributed by atoms with Gasteiger partial charge in [0.2, 0.25) is 5.91 Å². The quantitative estimate of drug-likeness (QED) is 0.679. The molecule has 6 nitrogen and oxygen atoms in total. The second-order valence-corrected chi connectivity index (χ2v) is 8.86. The molecule has 1 fully saturated rings. The Morgan fingerprint density at radius 2 is 1.96 bits per heavy atom. The Hall–Kier alpha value is -1.89. The van der Waals surface area contributed by atoms with Crippen LogP contribution in [-0.2, 0) is 22.4 Å². The number of carbonyl (C=O) groups is 3. The average molecular weight is 378 g/mol. The van der Waals surface area contributed by atoms with Crippen molar-refractivity contribution in [1.82, 2.24) is 5.32 Å². The van der Waals surface area contributed by atoms with Crippen LogP contribution in [0.2, 0.25) is 0 Å². The molecule has 0 saturated heterocycles. The minimum absolute atomic E-state index is 0.0408. The predicted molar refractivity (Wildman–Crippen MR) is 101 cm³/mol. The molecule has 1 saturated carbocycles. The van der Waals surface area contributed by atoms with Gasteiger partial charge in [0.1, 0.15) is 5.00 Å². The number of amides is 2. The number of nitrogens with one attached hydrogen (secondary N) is 2. The fourth-order valence-electron chi connectivity index (χ4n) is 3.43. The van der Waals surface area contributed by atoms with Crippen molar-refractivity contribution in [3.05, 3.63) is 16.0 Å². The first-order valence-corrected chi connectivity index (χ1v) is 10.1. The van der Waals surface area contributed by atoms with Gasteiger partial charge in [-0.15, -0.1) is 11.3 Å². The van der Waals surface area contributed by atoms with Crippen LogP contribution < -0.4 is 10.6 Å². The molecule has 0 spiro atoms. The number of aliphatic carboxylic acids is 1. The summed E-state index contributed by atoms with van der Waals surface area (Å²) < 4.78 is 0. The van der Waals surface area contributed by atoms with Crippen LogP contribution >= 0.6 is 11.3 Å². The first-order valence-electron chi connectivity index (χ1n) is 9.30. The van der Waals surface area contributed by atoms with E-state index in [0.717, 1.165) is 37.7 Å². The van der Waals surface area contributed by atoms with E-state index in [4.69, 9.17) is 5.11 Å². The van der Waals surface area contributed by atoms with Crippen molar-refractivity contribution in [2.45, 2.75) is 64.8 Å². The molecule has 3 rings (SSSR count). The Bertz CT molecular complexity index is 723. The second-order valence-electron chi connectivity index (χ2n) is 7.76. The van der Waals surface area contributed by atoms with Crippen molar-refractivity contribution in [1.29, 1.82) is 0 Å². The molecule has 1 aromatic rings. The van der Waals surface area contributed by atoms with Gasteiger partial charge in [0.25, 0.3) is 5.91 Å². The van der Waals surface area contributed by atoms with Crippen LogP contribution in [0, 0.1) is 11.8 Å². The highest BCUT2D eigenvalue weighted by molar-refractivity contribution is 7.17. The van der Waals surface area contributed by atoms with Crippen molar-refractivity contribution in [3.8, 4) is 0 Å². The maximum absolute atomic E-state index is 12.7. The van der Waals surface area contributed by atoms with Gasteiger partial charge in [-0.3, -0.25) is 14.4 Å². The molecule has 0 unspecified atom stereocenters. The topological polar surface area (TPSA) is 95.5 Å². The van der Waals surface area contributed by atoms with Gasteiger partial charge in [0.15, 0.2) is 0 Å². The van der Waals surface area contributed by atoms with Crippen molar-refractivity contribution < 1.29 is 19.5 Å². The van der Waals surface area contributed by atoms with Gasteiger partial charge in [-0.05, 0) is 49.5 Å². The van der Waals surface area contributed by atoms with Crippen LogP contribution in [-0.4, -0.2) is 28.9 Å². The van der Waals surface area contributed by atoms with Crippen LogP contribution in [0.3, 0.4) is 0 Å². The summed E-state index contributed by atoms with van der Waals surface area (Å²) in [6.07, 6.45) is 4.99. The number of carboxylic acids is 1. The van der Waals surface area contributed by atoms with Crippen molar-refractivity contribution in [3.63, 3.8) is 0 Å². The fourth-order valence-corrected chi connectivity index (χ4v) is 4.85. The Balaban J connectivity index is 1.77. The highest BCUT2D eigenvalue weighted by Crippen LogP contribution is 2.40. The second kappa shape index (κ2) is 7.78. The molecular formula is C19H26N2O4S. The van der Waals surface area contributed by atoms with E-state index < -0.39 is 5.97 Å². The SMILES string of the molecule is C[C@H](CC(=O)O)CC(=O)Nc1sc2c(c1C(=O)NC1CC1)CC[C@@H](C)C2. The molecule has 3 N–H and O–H groups in total. The normalized spacial score (nSPS) is 20.2. The summed E-state index contributed by atoms with van der Waals surface area (Å²) in [6, 6.07) is 0.264. The molecule has 2 aliphatic carbocycles. The van der Waals surface area contributed by atoms with Crippen molar-refractivity contribution in [2.24, 2.45) is 11.8 Å². The molecule has 0 radical (unpaired) electrons. The lowest BCUT2D eigenvalue weighted by Gasteiger charge is -2.18. The van der Waals surface area contributed by atoms with Crippen LogP contribution in [0.5, 0.6) is 0 Å². The molecule has 0 bridgehead atoms. The molecule has 1 aromatic heterocycles. The highest BCUT2D eigenvalue weighted by atomic mass is 32.1. The highest BCUT2D eigenvalue weighted by Gasteiger charge is 2.31. The summed E-state index contributed by atoms with van der Waals surface area (Å²) >= 11 is 1.50. The molecular weight excluding hydrogens is 352 g/mol. The van der Waals surface area contributed by atoms with Crippen LogP contribution in [0.25, 0.3) is 0 Å². The van der Waals surface area contributed by atoms with E-state index in [1.165, 1.54) is 16.2 Å².